The number of nitrogens with zero attached hydrogens (tertiary/aromatic N) is 2. The molecule has 0 unspecified atom stereocenters. The average molecular weight is 216 g/mol. The summed E-state index contributed by atoms with van der Waals surface area (Å²) in [5.74, 6) is 0.668. The van der Waals surface area contributed by atoms with E-state index in [4.69, 9.17) is 0 Å². The van der Waals surface area contributed by atoms with Crippen LogP contribution in [0, 0.1) is 0 Å². The molecule has 0 bridgehead atoms. The zero-order chi connectivity index (χ0) is 10.1. The fourth-order valence-corrected chi connectivity index (χ4v) is 2.98. The molecule has 15 heavy (non-hydrogen) atoms. The number of fused-ring (bicyclic) bond motifs is 1. The van der Waals surface area contributed by atoms with Crippen LogP contribution in [0.1, 0.15) is 28.5 Å². The topological polar surface area (TPSA) is 25.8 Å². The maximum absolute atomic E-state index is 4.15. The lowest BCUT2D eigenvalue weighted by atomic mass is 9.86. The SMILES string of the molecule is c1ccc([C@@H]2CCc3nnsc3C2)cc1. The number of rotatable bonds is 1. The summed E-state index contributed by atoms with van der Waals surface area (Å²) in [6.07, 6.45) is 3.42. The molecule has 0 spiro atoms. The lowest BCUT2D eigenvalue weighted by Crippen LogP contribution is -2.11. The second-order valence-corrected chi connectivity index (χ2v) is 4.83. The van der Waals surface area contributed by atoms with E-state index in [-0.39, 0.29) is 0 Å². The van der Waals surface area contributed by atoms with Crippen LogP contribution in [-0.4, -0.2) is 9.59 Å². The average Bonchev–Trinajstić information content (AvgIpc) is 2.77. The smallest absolute Gasteiger partial charge is 0.0787 e. The van der Waals surface area contributed by atoms with Crippen LogP contribution in [0.25, 0.3) is 0 Å². The molecule has 3 rings (SSSR count). The van der Waals surface area contributed by atoms with Gasteiger partial charge < -0.3 is 0 Å². The maximum Gasteiger partial charge on any atom is 0.0787 e. The van der Waals surface area contributed by atoms with Crippen LogP contribution in [0.3, 0.4) is 0 Å². The van der Waals surface area contributed by atoms with E-state index in [0.717, 1.165) is 12.8 Å². The van der Waals surface area contributed by atoms with Crippen molar-refractivity contribution in [2.75, 3.05) is 0 Å². The molecule has 1 aliphatic rings. The Morgan fingerprint density at radius 2 is 2.07 bits per heavy atom. The van der Waals surface area contributed by atoms with Gasteiger partial charge in [0.15, 0.2) is 0 Å². The van der Waals surface area contributed by atoms with Crippen molar-refractivity contribution in [3.63, 3.8) is 0 Å². The highest BCUT2D eigenvalue weighted by Gasteiger charge is 2.22. The van der Waals surface area contributed by atoms with Gasteiger partial charge in [0.25, 0.3) is 0 Å². The number of hydrogen-bond donors (Lipinski definition) is 0. The van der Waals surface area contributed by atoms with Gasteiger partial charge in [-0.25, -0.2) is 0 Å². The molecule has 76 valence electrons. The molecule has 2 aromatic rings. The normalized spacial score (nSPS) is 19.9. The van der Waals surface area contributed by atoms with Crippen molar-refractivity contribution in [2.45, 2.75) is 25.2 Å². The minimum Gasteiger partial charge on any atom is -0.143 e. The summed E-state index contributed by atoms with van der Waals surface area (Å²) >= 11 is 1.56. The van der Waals surface area contributed by atoms with E-state index in [1.165, 1.54) is 22.6 Å². The van der Waals surface area contributed by atoms with Crippen LogP contribution in [0.4, 0.5) is 0 Å². The Labute approximate surface area is 93.1 Å². The molecule has 3 heteroatoms. The first-order valence-corrected chi connectivity index (χ1v) is 6.06. The van der Waals surface area contributed by atoms with Crippen LogP contribution < -0.4 is 0 Å². The highest BCUT2D eigenvalue weighted by Crippen LogP contribution is 2.32. The molecule has 0 saturated carbocycles. The van der Waals surface area contributed by atoms with Gasteiger partial charge in [-0.1, -0.05) is 34.8 Å². The van der Waals surface area contributed by atoms with Crippen LogP contribution in [0.2, 0.25) is 0 Å². The first-order chi connectivity index (χ1) is 7.43. The Balaban J connectivity index is 1.88. The van der Waals surface area contributed by atoms with Crippen molar-refractivity contribution in [2.24, 2.45) is 0 Å². The summed E-state index contributed by atoms with van der Waals surface area (Å²) in [5, 5.41) is 4.15. The molecule has 0 radical (unpaired) electrons. The van der Waals surface area contributed by atoms with Gasteiger partial charge in [-0.2, -0.15) is 0 Å². The van der Waals surface area contributed by atoms with Crippen molar-refractivity contribution >= 4 is 11.5 Å². The maximum atomic E-state index is 4.15. The fourth-order valence-electron chi connectivity index (χ4n) is 2.22. The van der Waals surface area contributed by atoms with E-state index >= 15 is 0 Å². The van der Waals surface area contributed by atoms with Gasteiger partial charge in [0.1, 0.15) is 0 Å². The summed E-state index contributed by atoms with van der Waals surface area (Å²) in [6.45, 7) is 0. The summed E-state index contributed by atoms with van der Waals surface area (Å²) in [5.41, 5.74) is 2.68. The lowest BCUT2D eigenvalue weighted by Gasteiger charge is -2.20. The number of hydrogen-bond acceptors (Lipinski definition) is 3. The molecule has 1 heterocycles. The lowest BCUT2D eigenvalue weighted by molar-refractivity contribution is 0.582. The molecular weight excluding hydrogens is 204 g/mol. The first kappa shape index (κ1) is 9.04. The van der Waals surface area contributed by atoms with Gasteiger partial charge in [0, 0.05) is 4.88 Å². The number of aryl methyl sites for hydroxylation is 1. The molecule has 0 saturated heterocycles. The Bertz CT molecular complexity index is 450. The van der Waals surface area contributed by atoms with Crippen molar-refractivity contribution < 1.29 is 0 Å². The van der Waals surface area contributed by atoms with Crippen LogP contribution in [0.5, 0.6) is 0 Å². The van der Waals surface area contributed by atoms with E-state index in [1.807, 2.05) is 0 Å². The van der Waals surface area contributed by atoms with Gasteiger partial charge in [0.2, 0.25) is 0 Å². The highest BCUT2D eigenvalue weighted by atomic mass is 32.1. The Hall–Kier alpha value is -1.22. The van der Waals surface area contributed by atoms with Crippen molar-refractivity contribution in [1.29, 1.82) is 0 Å². The van der Waals surface area contributed by atoms with Gasteiger partial charge in [-0.15, -0.1) is 5.10 Å². The third-order valence-corrected chi connectivity index (χ3v) is 3.85. The molecule has 1 aromatic carbocycles. The van der Waals surface area contributed by atoms with Crippen molar-refractivity contribution in [3.8, 4) is 0 Å². The zero-order valence-electron chi connectivity index (χ0n) is 8.39. The number of aromatic nitrogens is 2. The van der Waals surface area contributed by atoms with Crippen LogP contribution in [-0.2, 0) is 12.8 Å². The monoisotopic (exact) mass is 216 g/mol. The Kier molecular flexibility index (Phi) is 2.25. The molecule has 1 aliphatic carbocycles. The summed E-state index contributed by atoms with van der Waals surface area (Å²) in [6, 6.07) is 10.8. The Morgan fingerprint density at radius 1 is 1.20 bits per heavy atom. The van der Waals surface area contributed by atoms with E-state index in [9.17, 15) is 0 Å². The van der Waals surface area contributed by atoms with Gasteiger partial charge in [-0.05, 0) is 42.3 Å². The highest BCUT2D eigenvalue weighted by molar-refractivity contribution is 7.05. The summed E-state index contributed by atoms with van der Waals surface area (Å²) in [7, 11) is 0. The summed E-state index contributed by atoms with van der Waals surface area (Å²) < 4.78 is 4.02. The van der Waals surface area contributed by atoms with Crippen molar-refractivity contribution in [1.82, 2.24) is 9.59 Å². The van der Waals surface area contributed by atoms with Gasteiger partial charge >= 0.3 is 0 Å². The minimum atomic E-state index is 0.668. The molecule has 0 aliphatic heterocycles. The van der Waals surface area contributed by atoms with Crippen molar-refractivity contribution in [3.05, 3.63) is 46.5 Å². The van der Waals surface area contributed by atoms with E-state index in [2.05, 4.69) is 39.9 Å². The van der Waals surface area contributed by atoms with E-state index < -0.39 is 0 Å². The summed E-state index contributed by atoms with van der Waals surface area (Å²) in [4.78, 5) is 1.38. The van der Waals surface area contributed by atoms with Crippen LogP contribution >= 0.6 is 11.5 Å². The Morgan fingerprint density at radius 3 is 2.93 bits per heavy atom. The standard InChI is InChI=1S/C12H12N2S/c1-2-4-9(5-3-1)10-6-7-11-12(8-10)15-14-13-11/h1-5,10H,6-8H2/t10-/m1/s1. The molecule has 1 atom stereocenters. The fraction of sp³-hybridized carbons (Fsp3) is 0.333. The number of benzene rings is 1. The molecular formula is C12H12N2S. The predicted molar refractivity (Wildman–Crippen MR) is 61.1 cm³/mol. The third-order valence-electron chi connectivity index (χ3n) is 3.07. The minimum absolute atomic E-state index is 0.668. The van der Waals surface area contributed by atoms with Gasteiger partial charge in [0.05, 0.1) is 5.69 Å². The molecule has 1 aromatic heterocycles. The van der Waals surface area contributed by atoms with Crippen LogP contribution in [0.15, 0.2) is 30.3 Å². The largest absolute Gasteiger partial charge is 0.143 e. The van der Waals surface area contributed by atoms with E-state index in [0.29, 0.717) is 5.92 Å². The molecule has 0 amide bonds. The quantitative estimate of drug-likeness (QED) is 0.732. The molecule has 0 N–H and O–H groups in total. The third kappa shape index (κ3) is 1.67. The zero-order valence-corrected chi connectivity index (χ0v) is 9.20. The second kappa shape index (κ2) is 3.74. The molecule has 2 nitrogen and oxygen atoms in total. The van der Waals surface area contributed by atoms with Gasteiger partial charge in [-0.3, -0.25) is 0 Å². The first-order valence-electron chi connectivity index (χ1n) is 5.28. The second-order valence-electron chi connectivity index (χ2n) is 3.99. The predicted octanol–water partition coefficient (Wildman–Crippen LogP) is 2.81. The molecule has 0 fully saturated rings. The van der Waals surface area contributed by atoms with E-state index in [1.54, 1.807) is 11.5 Å².